The number of carbonyl (C=O) groups is 1. The second-order valence-corrected chi connectivity index (χ2v) is 7.11. The molecule has 0 fully saturated rings. The minimum atomic E-state index is -0.580. The molecule has 6 heteroatoms. The summed E-state index contributed by atoms with van der Waals surface area (Å²) in [6, 6.07) is 19.3. The quantitative estimate of drug-likeness (QED) is 0.691. The lowest BCUT2D eigenvalue weighted by molar-refractivity contribution is 0.0728. The van der Waals surface area contributed by atoms with Crippen LogP contribution in [0.1, 0.15) is 21.5 Å². The van der Waals surface area contributed by atoms with E-state index < -0.39 is 11.7 Å². The molecule has 4 rings (SSSR count). The van der Waals surface area contributed by atoms with E-state index in [-0.39, 0.29) is 5.56 Å². The third-order valence-corrected chi connectivity index (χ3v) is 5.00. The van der Waals surface area contributed by atoms with E-state index in [2.05, 4.69) is 0 Å². The molecule has 0 saturated carbocycles. The summed E-state index contributed by atoms with van der Waals surface area (Å²) in [5.74, 6) is 0.791. The Kier molecular flexibility index (Phi) is 5.95. The van der Waals surface area contributed by atoms with Crippen LogP contribution in [0.25, 0.3) is 0 Å². The van der Waals surface area contributed by atoms with Gasteiger partial charge in [0.05, 0.1) is 12.1 Å². The van der Waals surface area contributed by atoms with E-state index in [1.807, 2.05) is 48.5 Å². The van der Waals surface area contributed by atoms with Gasteiger partial charge in [-0.25, -0.2) is 4.39 Å². The Labute approximate surface area is 174 Å². The standard InChI is InChI=1S/C24H23FN2O3/c25-22-10-9-20(30-19-7-5-17(6-8-19)11-12-26)15-21(22)24(28)27-13-14-29-23-4-2-1-3-18(23)16-27/h1-10,15H,11-14,16,26H2. The van der Waals surface area contributed by atoms with Crippen LogP contribution in [0.5, 0.6) is 17.2 Å². The second-order valence-electron chi connectivity index (χ2n) is 7.11. The van der Waals surface area contributed by atoms with Crippen LogP contribution in [0, 0.1) is 5.82 Å². The van der Waals surface area contributed by atoms with Crippen LogP contribution < -0.4 is 15.2 Å². The topological polar surface area (TPSA) is 64.8 Å². The van der Waals surface area contributed by atoms with Crippen molar-refractivity contribution in [2.24, 2.45) is 5.73 Å². The first-order valence-corrected chi connectivity index (χ1v) is 9.90. The molecule has 2 N–H and O–H groups in total. The third kappa shape index (κ3) is 4.44. The smallest absolute Gasteiger partial charge is 0.257 e. The molecule has 1 amide bonds. The SMILES string of the molecule is NCCc1ccc(Oc2ccc(F)c(C(=O)N3CCOc4ccccc4C3)c2)cc1. The summed E-state index contributed by atoms with van der Waals surface area (Å²) in [5.41, 5.74) is 7.56. The maximum atomic E-state index is 14.5. The predicted octanol–water partition coefficient (Wildman–Crippen LogP) is 4.15. The first-order chi connectivity index (χ1) is 14.6. The fraction of sp³-hybridized carbons (Fsp3) is 0.208. The highest BCUT2D eigenvalue weighted by Gasteiger charge is 2.23. The van der Waals surface area contributed by atoms with Crippen LogP contribution in [0.2, 0.25) is 0 Å². The Hall–Kier alpha value is -3.38. The van der Waals surface area contributed by atoms with Gasteiger partial charge in [0.2, 0.25) is 0 Å². The largest absolute Gasteiger partial charge is 0.491 e. The summed E-state index contributed by atoms with van der Waals surface area (Å²) >= 11 is 0. The van der Waals surface area contributed by atoms with Crippen molar-refractivity contribution >= 4 is 5.91 Å². The van der Waals surface area contributed by atoms with Crippen LogP contribution >= 0.6 is 0 Å². The lowest BCUT2D eigenvalue weighted by Crippen LogP contribution is -2.33. The van der Waals surface area contributed by atoms with Gasteiger partial charge in [-0.15, -0.1) is 0 Å². The van der Waals surface area contributed by atoms with Crippen molar-refractivity contribution < 1.29 is 18.7 Å². The van der Waals surface area contributed by atoms with Gasteiger partial charge in [-0.05, 0) is 54.9 Å². The van der Waals surface area contributed by atoms with Gasteiger partial charge >= 0.3 is 0 Å². The summed E-state index contributed by atoms with van der Waals surface area (Å²) in [5, 5.41) is 0. The van der Waals surface area contributed by atoms with Gasteiger partial charge in [-0.2, -0.15) is 0 Å². The average molecular weight is 406 g/mol. The molecule has 0 atom stereocenters. The number of ether oxygens (including phenoxy) is 2. The maximum Gasteiger partial charge on any atom is 0.257 e. The minimum Gasteiger partial charge on any atom is -0.491 e. The normalized spacial score (nSPS) is 13.2. The zero-order valence-corrected chi connectivity index (χ0v) is 16.5. The molecule has 0 saturated heterocycles. The predicted molar refractivity (Wildman–Crippen MR) is 112 cm³/mol. The van der Waals surface area contributed by atoms with Crippen LogP contribution in [0.15, 0.2) is 66.7 Å². The summed E-state index contributed by atoms with van der Waals surface area (Å²) in [6.07, 6.45) is 0.790. The third-order valence-electron chi connectivity index (χ3n) is 5.00. The molecule has 0 aromatic heterocycles. The zero-order chi connectivity index (χ0) is 20.9. The molecular weight excluding hydrogens is 383 g/mol. The van der Waals surface area contributed by atoms with Crippen LogP contribution in [0.3, 0.4) is 0 Å². The van der Waals surface area contributed by atoms with Crippen LogP contribution in [-0.4, -0.2) is 30.5 Å². The van der Waals surface area contributed by atoms with E-state index in [0.717, 1.165) is 23.3 Å². The fourth-order valence-electron chi connectivity index (χ4n) is 3.43. The lowest BCUT2D eigenvalue weighted by Gasteiger charge is -2.20. The average Bonchev–Trinajstić information content (AvgIpc) is 2.99. The molecule has 154 valence electrons. The Morgan fingerprint density at radius 2 is 1.83 bits per heavy atom. The summed E-state index contributed by atoms with van der Waals surface area (Å²) in [6.45, 7) is 1.67. The summed E-state index contributed by atoms with van der Waals surface area (Å²) < 4.78 is 26.0. The number of hydrogen-bond acceptors (Lipinski definition) is 4. The number of fused-ring (bicyclic) bond motifs is 1. The van der Waals surface area contributed by atoms with Crippen molar-refractivity contribution in [3.63, 3.8) is 0 Å². The molecular formula is C24H23FN2O3. The molecule has 1 aliphatic heterocycles. The lowest BCUT2D eigenvalue weighted by atomic mass is 10.1. The van der Waals surface area contributed by atoms with Crippen molar-refractivity contribution in [2.75, 3.05) is 19.7 Å². The molecule has 5 nitrogen and oxygen atoms in total. The van der Waals surface area contributed by atoms with E-state index in [0.29, 0.717) is 37.7 Å². The number of halogens is 1. The highest BCUT2D eigenvalue weighted by Crippen LogP contribution is 2.27. The van der Waals surface area contributed by atoms with E-state index in [1.54, 1.807) is 4.90 Å². The molecule has 30 heavy (non-hydrogen) atoms. The number of nitrogens with two attached hydrogens (primary N) is 1. The monoisotopic (exact) mass is 406 g/mol. The molecule has 0 aliphatic carbocycles. The highest BCUT2D eigenvalue weighted by atomic mass is 19.1. The van der Waals surface area contributed by atoms with E-state index in [4.69, 9.17) is 15.2 Å². The molecule has 0 radical (unpaired) electrons. The van der Waals surface area contributed by atoms with Crippen molar-refractivity contribution in [1.82, 2.24) is 4.90 Å². The Morgan fingerprint density at radius 1 is 1.07 bits per heavy atom. The van der Waals surface area contributed by atoms with Crippen molar-refractivity contribution in [3.8, 4) is 17.2 Å². The van der Waals surface area contributed by atoms with Gasteiger partial charge < -0.3 is 20.1 Å². The number of nitrogens with zero attached hydrogens (tertiary/aromatic N) is 1. The zero-order valence-electron chi connectivity index (χ0n) is 16.5. The fourth-order valence-corrected chi connectivity index (χ4v) is 3.43. The first kappa shape index (κ1) is 19.9. The van der Waals surface area contributed by atoms with Gasteiger partial charge in [0.15, 0.2) is 0 Å². The Morgan fingerprint density at radius 3 is 2.63 bits per heavy atom. The van der Waals surface area contributed by atoms with E-state index >= 15 is 0 Å². The molecule has 1 aliphatic rings. The van der Waals surface area contributed by atoms with Gasteiger partial charge in [-0.1, -0.05) is 30.3 Å². The number of amides is 1. The van der Waals surface area contributed by atoms with Gasteiger partial charge in [-0.3, -0.25) is 4.79 Å². The summed E-state index contributed by atoms with van der Waals surface area (Å²) in [4.78, 5) is 14.7. The maximum absolute atomic E-state index is 14.5. The molecule has 0 bridgehead atoms. The van der Waals surface area contributed by atoms with Crippen molar-refractivity contribution in [1.29, 1.82) is 0 Å². The Bertz CT molecular complexity index is 1040. The van der Waals surface area contributed by atoms with E-state index in [1.165, 1.54) is 18.2 Å². The van der Waals surface area contributed by atoms with Gasteiger partial charge in [0, 0.05) is 12.1 Å². The highest BCUT2D eigenvalue weighted by molar-refractivity contribution is 5.95. The van der Waals surface area contributed by atoms with Gasteiger partial charge in [0.25, 0.3) is 5.91 Å². The van der Waals surface area contributed by atoms with Crippen molar-refractivity contribution in [2.45, 2.75) is 13.0 Å². The number of hydrogen-bond donors (Lipinski definition) is 1. The molecule has 1 heterocycles. The second kappa shape index (κ2) is 8.97. The minimum absolute atomic E-state index is 0.0216. The van der Waals surface area contributed by atoms with Gasteiger partial charge in [0.1, 0.15) is 29.7 Å². The number of para-hydroxylation sites is 1. The van der Waals surface area contributed by atoms with Crippen LogP contribution in [-0.2, 0) is 13.0 Å². The van der Waals surface area contributed by atoms with Crippen molar-refractivity contribution in [3.05, 3.63) is 89.2 Å². The summed E-state index contributed by atoms with van der Waals surface area (Å²) in [7, 11) is 0. The molecule has 3 aromatic carbocycles. The number of rotatable bonds is 5. The number of carbonyl (C=O) groups excluding carboxylic acids is 1. The Balaban J connectivity index is 1.53. The molecule has 0 unspecified atom stereocenters. The molecule has 0 spiro atoms. The van der Waals surface area contributed by atoms with E-state index in [9.17, 15) is 9.18 Å². The number of benzene rings is 3. The molecule has 3 aromatic rings. The first-order valence-electron chi connectivity index (χ1n) is 9.90. The van der Waals surface area contributed by atoms with Crippen LogP contribution in [0.4, 0.5) is 4.39 Å².